The van der Waals surface area contributed by atoms with E-state index in [9.17, 15) is 0 Å². The van der Waals surface area contributed by atoms with Gasteiger partial charge in [-0.15, -0.1) is 0 Å². The molecule has 0 aromatic carbocycles. The van der Waals surface area contributed by atoms with E-state index in [-0.39, 0.29) is 0 Å². The molecule has 74 valence electrons. The molecule has 1 saturated carbocycles. The molecule has 0 saturated heterocycles. The van der Waals surface area contributed by atoms with Gasteiger partial charge in [0.05, 0.1) is 13.2 Å². The maximum absolute atomic E-state index is 5.56. The van der Waals surface area contributed by atoms with E-state index in [1.807, 2.05) is 6.92 Å². The Hall–Kier alpha value is -0.530. The zero-order valence-electron chi connectivity index (χ0n) is 8.84. The minimum atomic E-state index is 0.387. The third-order valence-corrected chi connectivity index (χ3v) is 3.71. The first kappa shape index (κ1) is 9.04. The molecule has 1 aliphatic carbocycles. The van der Waals surface area contributed by atoms with Gasteiger partial charge < -0.3 is 4.74 Å². The van der Waals surface area contributed by atoms with Crippen molar-refractivity contribution in [3.05, 3.63) is 0 Å². The van der Waals surface area contributed by atoms with Crippen LogP contribution in [0, 0.1) is 17.3 Å². The van der Waals surface area contributed by atoms with E-state index in [0.717, 1.165) is 30.9 Å². The fourth-order valence-electron chi connectivity index (χ4n) is 2.73. The summed E-state index contributed by atoms with van der Waals surface area (Å²) in [4.78, 5) is 4.43. The summed E-state index contributed by atoms with van der Waals surface area (Å²) in [6.07, 6.45) is 2.59. The Morgan fingerprint density at radius 3 is 2.38 bits per heavy atom. The second-order valence-corrected chi connectivity index (χ2v) is 4.99. The Morgan fingerprint density at radius 1 is 1.31 bits per heavy atom. The first-order chi connectivity index (χ1) is 6.11. The van der Waals surface area contributed by atoms with E-state index in [0.29, 0.717) is 5.41 Å². The molecular weight excluding hydrogens is 162 g/mol. The molecule has 2 atom stereocenters. The van der Waals surface area contributed by atoms with Crippen molar-refractivity contribution in [2.75, 3.05) is 13.2 Å². The number of hydrogen-bond acceptors (Lipinski definition) is 2. The fraction of sp³-hybridized carbons (Fsp3) is 0.909. The van der Waals surface area contributed by atoms with Crippen LogP contribution in [0.3, 0.4) is 0 Å². The highest BCUT2D eigenvalue weighted by molar-refractivity contribution is 5.73. The largest absolute Gasteiger partial charge is 0.481 e. The van der Waals surface area contributed by atoms with Crippen molar-refractivity contribution in [2.24, 2.45) is 22.2 Å². The van der Waals surface area contributed by atoms with Crippen LogP contribution >= 0.6 is 0 Å². The van der Waals surface area contributed by atoms with Crippen LogP contribution in [0.5, 0.6) is 0 Å². The molecule has 1 spiro atoms. The summed E-state index contributed by atoms with van der Waals surface area (Å²) in [5, 5.41) is 0. The van der Waals surface area contributed by atoms with Crippen LogP contribution in [0.15, 0.2) is 4.99 Å². The lowest BCUT2D eigenvalue weighted by Gasteiger charge is -2.31. The summed E-state index contributed by atoms with van der Waals surface area (Å²) < 4.78 is 5.56. The van der Waals surface area contributed by atoms with Crippen LogP contribution in [-0.4, -0.2) is 19.0 Å². The molecule has 0 aromatic heterocycles. The molecule has 2 rings (SSSR count). The molecule has 0 aromatic rings. The number of ether oxygens (including phenoxy) is 1. The molecule has 2 heteroatoms. The van der Waals surface area contributed by atoms with Gasteiger partial charge in [-0.1, -0.05) is 13.8 Å². The van der Waals surface area contributed by atoms with Gasteiger partial charge >= 0.3 is 0 Å². The van der Waals surface area contributed by atoms with Gasteiger partial charge in [0.1, 0.15) is 0 Å². The summed E-state index contributed by atoms with van der Waals surface area (Å²) in [5.74, 6) is 2.56. The van der Waals surface area contributed by atoms with Gasteiger partial charge in [-0.25, -0.2) is 0 Å². The van der Waals surface area contributed by atoms with E-state index in [4.69, 9.17) is 4.74 Å². The molecule has 0 radical (unpaired) electrons. The molecule has 13 heavy (non-hydrogen) atoms. The van der Waals surface area contributed by atoms with Gasteiger partial charge in [0, 0.05) is 12.3 Å². The average Bonchev–Trinajstić information content (AvgIpc) is 2.36. The van der Waals surface area contributed by atoms with Crippen LogP contribution in [0.25, 0.3) is 0 Å². The predicted molar refractivity (Wildman–Crippen MR) is 53.9 cm³/mol. The predicted octanol–water partition coefficient (Wildman–Crippen LogP) is 2.49. The van der Waals surface area contributed by atoms with Crippen LogP contribution in [0.2, 0.25) is 0 Å². The van der Waals surface area contributed by atoms with Crippen LogP contribution in [0.1, 0.15) is 33.6 Å². The number of rotatable bonds is 0. The normalized spacial score (nSPS) is 44.7. The van der Waals surface area contributed by atoms with Crippen molar-refractivity contribution in [1.29, 1.82) is 0 Å². The Kier molecular flexibility index (Phi) is 2.09. The first-order valence-electron chi connectivity index (χ1n) is 5.25. The SMILES string of the molecule is CC1=NCC2(CO1)CC(C)C(C)C2. The number of aliphatic imine (C=N–C) groups is 1. The Morgan fingerprint density at radius 2 is 1.92 bits per heavy atom. The maximum atomic E-state index is 5.56. The van der Waals surface area contributed by atoms with E-state index >= 15 is 0 Å². The van der Waals surface area contributed by atoms with Crippen molar-refractivity contribution in [3.63, 3.8) is 0 Å². The minimum Gasteiger partial charge on any atom is -0.481 e. The maximum Gasteiger partial charge on any atom is 0.179 e. The van der Waals surface area contributed by atoms with Gasteiger partial charge in [-0.05, 0) is 24.7 Å². The van der Waals surface area contributed by atoms with E-state index in [2.05, 4.69) is 18.8 Å². The Labute approximate surface area is 80.4 Å². The van der Waals surface area contributed by atoms with Gasteiger partial charge in [-0.2, -0.15) is 0 Å². The van der Waals surface area contributed by atoms with Crippen molar-refractivity contribution < 1.29 is 4.74 Å². The van der Waals surface area contributed by atoms with Crippen molar-refractivity contribution >= 4 is 5.90 Å². The standard InChI is InChI=1S/C11H19NO/c1-8-4-11(5-9(8)2)6-12-10(3)13-7-11/h8-9H,4-7H2,1-3H3. The molecule has 0 bridgehead atoms. The summed E-state index contributed by atoms with van der Waals surface area (Å²) in [5.41, 5.74) is 0.387. The summed E-state index contributed by atoms with van der Waals surface area (Å²) in [6, 6.07) is 0. The second kappa shape index (κ2) is 3.00. The Bertz CT molecular complexity index is 224. The highest BCUT2D eigenvalue weighted by atomic mass is 16.5. The smallest absolute Gasteiger partial charge is 0.179 e. The van der Waals surface area contributed by atoms with E-state index in [1.165, 1.54) is 12.8 Å². The lowest BCUT2D eigenvalue weighted by molar-refractivity contribution is 0.121. The molecular formula is C11H19NO. The summed E-state index contributed by atoms with van der Waals surface area (Å²) in [7, 11) is 0. The van der Waals surface area contributed by atoms with Crippen LogP contribution in [-0.2, 0) is 4.74 Å². The van der Waals surface area contributed by atoms with Crippen LogP contribution in [0.4, 0.5) is 0 Å². The third-order valence-electron chi connectivity index (χ3n) is 3.71. The quantitative estimate of drug-likeness (QED) is 0.562. The highest BCUT2D eigenvalue weighted by Gasteiger charge is 2.43. The van der Waals surface area contributed by atoms with E-state index < -0.39 is 0 Å². The zero-order chi connectivity index (χ0) is 9.47. The lowest BCUT2D eigenvalue weighted by atomic mass is 9.85. The Balaban J connectivity index is 2.08. The first-order valence-corrected chi connectivity index (χ1v) is 5.25. The molecule has 1 fully saturated rings. The van der Waals surface area contributed by atoms with Crippen molar-refractivity contribution in [2.45, 2.75) is 33.6 Å². The van der Waals surface area contributed by atoms with Gasteiger partial charge in [-0.3, -0.25) is 4.99 Å². The van der Waals surface area contributed by atoms with Crippen LogP contribution < -0.4 is 0 Å². The van der Waals surface area contributed by atoms with E-state index in [1.54, 1.807) is 0 Å². The molecule has 0 amide bonds. The number of nitrogens with zero attached hydrogens (tertiary/aromatic N) is 1. The monoisotopic (exact) mass is 181 g/mol. The highest BCUT2D eigenvalue weighted by Crippen LogP contribution is 2.46. The van der Waals surface area contributed by atoms with Crippen molar-refractivity contribution in [1.82, 2.24) is 0 Å². The summed E-state index contributed by atoms with van der Waals surface area (Å²) in [6.45, 7) is 8.55. The van der Waals surface area contributed by atoms with Gasteiger partial charge in [0.15, 0.2) is 5.90 Å². The third kappa shape index (κ3) is 1.59. The zero-order valence-corrected chi connectivity index (χ0v) is 8.84. The number of hydrogen-bond donors (Lipinski definition) is 0. The molecule has 0 N–H and O–H groups in total. The van der Waals surface area contributed by atoms with Gasteiger partial charge in [0.25, 0.3) is 0 Å². The lowest BCUT2D eigenvalue weighted by Crippen LogP contribution is -2.33. The molecule has 2 nitrogen and oxygen atoms in total. The topological polar surface area (TPSA) is 21.6 Å². The fourth-order valence-corrected chi connectivity index (χ4v) is 2.73. The molecule has 2 unspecified atom stereocenters. The molecule has 2 aliphatic rings. The molecule has 1 aliphatic heterocycles. The second-order valence-electron chi connectivity index (χ2n) is 4.99. The van der Waals surface area contributed by atoms with Crippen molar-refractivity contribution in [3.8, 4) is 0 Å². The summed E-state index contributed by atoms with van der Waals surface area (Å²) >= 11 is 0. The molecule has 1 heterocycles. The van der Waals surface area contributed by atoms with Gasteiger partial charge in [0.2, 0.25) is 0 Å². The minimum absolute atomic E-state index is 0.387. The average molecular weight is 181 g/mol.